The minimum absolute atomic E-state index is 0.117. The van der Waals surface area contributed by atoms with Gasteiger partial charge in [0.15, 0.2) is 0 Å². The first-order chi connectivity index (χ1) is 6.02. The van der Waals surface area contributed by atoms with Gasteiger partial charge in [0.25, 0.3) is 11.8 Å². The first-order valence-electron chi connectivity index (χ1n) is 3.76. The molecule has 2 amide bonds. The van der Waals surface area contributed by atoms with Gasteiger partial charge in [0.2, 0.25) is 0 Å². The zero-order valence-electron chi connectivity index (χ0n) is 7.07. The van der Waals surface area contributed by atoms with Crippen LogP contribution in [0.25, 0.3) is 0 Å². The number of aliphatic carboxylic acids is 1. The summed E-state index contributed by atoms with van der Waals surface area (Å²) in [6, 6.07) is 0. The highest BCUT2D eigenvalue weighted by Gasteiger charge is 2.27. The first-order valence-corrected chi connectivity index (χ1v) is 3.76. The van der Waals surface area contributed by atoms with Crippen LogP contribution in [0, 0.1) is 0 Å². The number of carbonyl (C=O) groups is 3. The fourth-order valence-electron chi connectivity index (χ4n) is 1.05. The van der Waals surface area contributed by atoms with Gasteiger partial charge in [-0.25, -0.2) is 0 Å². The summed E-state index contributed by atoms with van der Waals surface area (Å²) < 4.78 is 0. The van der Waals surface area contributed by atoms with Gasteiger partial charge >= 0.3 is 0 Å². The molecule has 0 N–H and O–H groups in total. The van der Waals surface area contributed by atoms with Crippen LogP contribution < -0.4 is 5.11 Å². The Morgan fingerprint density at radius 3 is 2.54 bits per heavy atom. The molecule has 0 unspecified atom stereocenters. The van der Waals surface area contributed by atoms with Crippen LogP contribution in [0.5, 0.6) is 0 Å². The van der Waals surface area contributed by atoms with E-state index >= 15 is 0 Å². The standard InChI is InChI=1S/C8H9NO4/c1-5-4-6(10)9(8(5)13)3-2-7(11)12/h4H,2-3H2,1H3,(H,11,12)/p-1. The van der Waals surface area contributed by atoms with Gasteiger partial charge in [0.1, 0.15) is 0 Å². The van der Waals surface area contributed by atoms with E-state index in [4.69, 9.17) is 0 Å². The number of hydrogen-bond donors (Lipinski definition) is 0. The van der Waals surface area contributed by atoms with E-state index in [9.17, 15) is 19.5 Å². The minimum Gasteiger partial charge on any atom is -0.550 e. The first kappa shape index (κ1) is 9.44. The van der Waals surface area contributed by atoms with E-state index in [0.717, 1.165) is 4.90 Å². The highest BCUT2D eigenvalue weighted by Crippen LogP contribution is 2.11. The molecule has 0 atom stereocenters. The normalized spacial score (nSPS) is 16.4. The highest BCUT2D eigenvalue weighted by atomic mass is 16.4. The summed E-state index contributed by atoms with van der Waals surface area (Å²) in [7, 11) is 0. The Bertz CT molecular complexity index is 305. The third kappa shape index (κ3) is 1.93. The number of carboxylic acid groups (broad SMARTS) is 1. The van der Waals surface area contributed by atoms with Crippen molar-refractivity contribution in [1.82, 2.24) is 4.90 Å². The van der Waals surface area contributed by atoms with Crippen LogP contribution in [0.2, 0.25) is 0 Å². The smallest absolute Gasteiger partial charge is 0.256 e. The average molecular weight is 182 g/mol. The fraction of sp³-hybridized carbons (Fsp3) is 0.375. The van der Waals surface area contributed by atoms with Crippen LogP contribution in [0.4, 0.5) is 0 Å². The molecule has 0 aromatic carbocycles. The van der Waals surface area contributed by atoms with Crippen LogP contribution in [0.15, 0.2) is 11.6 Å². The number of nitrogens with zero attached hydrogens (tertiary/aromatic N) is 1. The van der Waals surface area contributed by atoms with Crippen molar-refractivity contribution in [3.05, 3.63) is 11.6 Å². The lowest BCUT2D eigenvalue weighted by atomic mass is 10.3. The largest absolute Gasteiger partial charge is 0.550 e. The summed E-state index contributed by atoms with van der Waals surface area (Å²) in [4.78, 5) is 33.1. The Labute approximate surface area is 74.6 Å². The lowest BCUT2D eigenvalue weighted by molar-refractivity contribution is -0.305. The Kier molecular flexibility index (Phi) is 2.46. The zero-order valence-corrected chi connectivity index (χ0v) is 7.07. The molecule has 5 heteroatoms. The van der Waals surface area contributed by atoms with Crippen molar-refractivity contribution in [2.75, 3.05) is 6.54 Å². The summed E-state index contributed by atoms with van der Waals surface area (Å²) in [6.45, 7) is 1.40. The second kappa shape index (κ2) is 3.38. The molecule has 0 spiro atoms. The number of carbonyl (C=O) groups excluding carboxylic acids is 3. The third-order valence-corrected chi connectivity index (χ3v) is 1.73. The van der Waals surface area contributed by atoms with Crippen molar-refractivity contribution in [3.63, 3.8) is 0 Å². The summed E-state index contributed by atoms with van der Waals surface area (Å²) in [5, 5.41) is 10.1. The molecule has 1 aliphatic rings. The Hall–Kier alpha value is -1.65. The molecule has 0 fully saturated rings. The van der Waals surface area contributed by atoms with Crippen LogP contribution in [0.3, 0.4) is 0 Å². The quantitative estimate of drug-likeness (QED) is 0.494. The second-order valence-electron chi connectivity index (χ2n) is 2.74. The summed E-state index contributed by atoms with van der Waals surface area (Å²) in [5.41, 5.74) is 0.336. The average Bonchev–Trinajstić information content (AvgIpc) is 2.24. The zero-order chi connectivity index (χ0) is 10.0. The Balaban J connectivity index is 2.59. The monoisotopic (exact) mass is 182 g/mol. The molecule has 1 rings (SSSR count). The number of imide groups is 1. The van der Waals surface area contributed by atoms with Gasteiger partial charge in [0.05, 0.1) is 0 Å². The molecule has 0 aliphatic carbocycles. The number of amides is 2. The molecule has 1 heterocycles. The molecule has 70 valence electrons. The Morgan fingerprint density at radius 2 is 2.15 bits per heavy atom. The maximum absolute atomic E-state index is 11.2. The van der Waals surface area contributed by atoms with E-state index < -0.39 is 17.8 Å². The van der Waals surface area contributed by atoms with Gasteiger partial charge in [-0.3, -0.25) is 14.5 Å². The molecule has 0 aromatic heterocycles. The van der Waals surface area contributed by atoms with Gasteiger partial charge in [-0.05, 0) is 6.92 Å². The second-order valence-corrected chi connectivity index (χ2v) is 2.74. The minimum atomic E-state index is -1.27. The molecular weight excluding hydrogens is 174 g/mol. The molecule has 0 saturated carbocycles. The highest BCUT2D eigenvalue weighted by molar-refractivity contribution is 6.15. The topological polar surface area (TPSA) is 77.5 Å². The molecule has 1 aliphatic heterocycles. The number of hydrogen-bond acceptors (Lipinski definition) is 4. The van der Waals surface area contributed by atoms with Crippen LogP contribution in [-0.2, 0) is 14.4 Å². The molecule has 0 radical (unpaired) electrons. The SMILES string of the molecule is CC1=CC(=O)N(CCC(=O)[O-])C1=O. The van der Waals surface area contributed by atoms with Crippen molar-refractivity contribution >= 4 is 17.8 Å². The van der Waals surface area contributed by atoms with E-state index in [1.54, 1.807) is 0 Å². The van der Waals surface area contributed by atoms with E-state index in [-0.39, 0.29) is 13.0 Å². The summed E-state index contributed by atoms with van der Waals surface area (Å²) in [6.07, 6.45) is 0.871. The summed E-state index contributed by atoms with van der Waals surface area (Å²) in [5.74, 6) is -2.15. The van der Waals surface area contributed by atoms with Crippen molar-refractivity contribution < 1.29 is 19.5 Å². The van der Waals surface area contributed by atoms with E-state index in [0.29, 0.717) is 5.57 Å². The number of rotatable bonds is 3. The van der Waals surface area contributed by atoms with Gasteiger partial charge in [-0.15, -0.1) is 0 Å². The van der Waals surface area contributed by atoms with Gasteiger partial charge < -0.3 is 9.90 Å². The molecule has 0 saturated heterocycles. The summed E-state index contributed by atoms with van der Waals surface area (Å²) >= 11 is 0. The Morgan fingerprint density at radius 1 is 1.54 bits per heavy atom. The molecule has 0 aromatic rings. The predicted molar refractivity (Wildman–Crippen MR) is 40.1 cm³/mol. The number of carboxylic acids is 1. The van der Waals surface area contributed by atoms with Crippen LogP contribution in [-0.4, -0.2) is 29.2 Å². The van der Waals surface area contributed by atoms with Gasteiger partial charge in [0, 0.05) is 30.6 Å². The van der Waals surface area contributed by atoms with Crippen molar-refractivity contribution in [2.45, 2.75) is 13.3 Å². The van der Waals surface area contributed by atoms with E-state index in [2.05, 4.69) is 0 Å². The molecule has 5 nitrogen and oxygen atoms in total. The van der Waals surface area contributed by atoms with Crippen molar-refractivity contribution in [1.29, 1.82) is 0 Å². The molecule has 13 heavy (non-hydrogen) atoms. The van der Waals surface area contributed by atoms with Crippen molar-refractivity contribution in [2.24, 2.45) is 0 Å². The lowest BCUT2D eigenvalue weighted by Gasteiger charge is -2.13. The molecular formula is C8H8NO4-. The van der Waals surface area contributed by atoms with Gasteiger partial charge in [-0.1, -0.05) is 0 Å². The fourth-order valence-corrected chi connectivity index (χ4v) is 1.05. The van der Waals surface area contributed by atoms with E-state index in [1.165, 1.54) is 13.0 Å². The third-order valence-electron chi connectivity index (χ3n) is 1.73. The van der Waals surface area contributed by atoms with Crippen LogP contribution >= 0.6 is 0 Å². The molecule has 0 bridgehead atoms. The van der Waals surface area contributed by atoms with Crippen LogP contribution in [0.1, 0.15) is 13.3 Å². The van der Waals surface area contributed by atoms with Crippen molar-refractivity contribution in [3.8, 4) is 0 Å². The predicted octanol–water partition coefficient (Wildman–Crippen LogP) is -1.56. The van der Waals surface area contributed by atoms with Gasteiger partial charge in [-0.2, -0.15) is 0 Å². The maximum Gasteiger partial charge on any atom is 0.256 e. The van der Waals surface area contributed by atoms with E-state index in [1.807, 2.05) is 0 Å². The lowest BCUT2D eigenvalue weighted by Crippen LogP contribution is -2.35. The maximum atomic E-state index is 11.2.